The van der Waals surface area contributed by atoms with Crippen molar-refractivity contribution in [1.29, 1.82) is 5.26 Å². The highest BCUT2D eigenvalue weighted by Gasteiger charge is 2.36. The molecule has 0 radical (unpaired) electrons. The largest absolute Gasteiger partial charge is 0.489 e. The minimum Gasteiger partial charge on any atom is -0.489 e. The molecule has 0 bridgehead atoms. The summed E-state index contributed by atoms with van der Waals surface area (Å²) in [6, 6.07) is 18.6. The predicted molar refractivity (Wildman–Crippen MR) is 223 cm³/mol. The van der Waals surface area contributed by atoms with E-state index in [-0.39, 0.29) is 26.6 Å². The number of likely N-dealkylation sites (tertiary alicyclic amines) is 2. The summed E-state index contributed by atoms with van der Waals surface area (Å²) in [5.41, 5.74) is 6.95. The summed E-state index contributed by atoms with van der Waals surface area (Å²) in [6.45, 7) is 5.35. The Morgan fingerprint density at radius 3 is 2.43 bits per heavy atom. The molecule has 7 rings (SSSR count). The number of hydrogen-bond acceptors (Lipinski definition) is 9. The molecule has 0 saturated carbocycles. The van der Waals surface area contributed by atoms with Gasteiger partial charge in [-0.2, -0.15) is 23.9 Å². The second-order valence-corrected chi connectivity index (χ2v) is 15.7. The molecule has 4 heterocycles. The van der Waals surface area contributed by atoms with Crippen molar-refractivity contribution in [3.05, 3.63) is 111 Å². The fraction of sp³-hybridized carbons (Fsp3) is 0.381. The van der Waals surface area contributed by atoms with Crippen molar-refractivity contribution < 1.29 is 19.7 Å². The molecule has 56 heavy (non-hydrogen) atoms. The summed E-state index contributed by atoms with van der Waals surface area (Å²) in [5.74, 6) is -0.708. The van der Waals surface area contributed by atoms with Crippen LogP contribution in [0.4, 0.5) is 0 Å². The number of halogens is 2. The normalized spacial score (nSPS) is 16.3. The summed E-state index contributed by atoms with van der Waals surface area (Å²) >= 11 is 14.1. The van der Waals surface area contributed by atoms with E-state index in [1.807, 2.05) is 29.1 Å². The van der Waals surface area contributed by atoms with E-state index in [2.05, 4.69) is 57.5 Å². The number of carboxylic acid groups (broad SMARTS) is 1. The van der Waals surface area contributed by atoms with Crippen LogP contribution in [-0.4, -0.2) is 86.6 Å². The molecule has 2 saturated heterocycles. The first kappa shape index (κ1) is 41.4. The van der Waals surface area contributed by atoms with Crippen LogP contribution >= 0.6 is 36.7 Å². The Morgan fingerprint density at radius 2 is 1.70 bits per heavy atom. The minimum absolute atomic E-state index is 0. The van der Waals surface area contributed by atoms with Gasteiger partial charge in [-0.3, -0.25) is 24.7 Å². The molecule has 11 nitrogen and oxygen atoms in total. The molecule has 2 aliphatic rings. The highest BCUT2D eigenvalue weighted by molar-refractivity contribution is 7.59. The standard InChI is InChI=1S/C42H45Cl2N7O4.H2S/c1-49-12-8-42(9-13-49)10-14-50(15-11-42)24-30-4-2-6-34(40(30)44)33-5-3-7-38-35(33)23-48-51(38)25-32-18-39(55-27-29-16-28(19-45)20-46-21-29)31(17-36(32)43)22-47-37(26-52)41(53)54;/h2-7,16-18,20-21,23,37,47,52H,8-15,22,24-27H2,1H3,(H,53,54);1H2/t37-;/m0./s1. The van der Waals surface area contributed by atoms with Crippen LogP contribution in [0.25, 0.3) is 22.0 Å². The van der Waals surface area contributed by atoms with E-state index in [1.165, 1.54) is 45.0 Å². The summed E-state index contributed by atoms with van der Waals surface area (Å²) in [6.07, 6.45) is 10.0. The van der Waals surface area contributed by atoms with Gasteiger partial charge in [-0.1, -0.05) is 53.5 Å². The molecule has 0 amide bonds. The van der Waals surface area contributed by atoms with Gasteiger partial charge in [-0.05, 0) is 105 Å². The van der Waals surface area contributed by atoms with Crippen LogP contribution in [0.5, 0.6) is 5.75 Å². The predicted octanol–water partition coefficient (Wildman–Crippen LogP) is 6.86. The van der Waals surface area contributed by atoms with E-state index >= 15 is 0 Å². The lowest BCUT2D eigenvalue weighted by atomic mass is 9.71. The summed E-state index contributed by atoms with van der Waals surface area (Å²) in [4.78, 5) is 20.7. The van der Waals surface area contributed by atoms with Gasteiger partial charge in [0.15, 0.2) is 0 Å². The van der Waals surface area contributed by atoms with Crippen LogP contribution in [0.15, 0.2) is 73.2 Å². The zero-order valence-electron chi connectivity index (χ0n) is 31.3. The lowest BCUT2D eigenvalue weighted by Crippen LogP contribution is -2.45. The van der Waals surface area contributed by atoms with Crippen LogP contribution in [0.2, 0.25) is 10.0 Å². The number of piperidine rings is 2. The first-order chi connectivity index (χ1) is 26.6. The Hall–Kier alpha value is -4.19. The molecule has 3 N–H and O–H groups in total. The zero-order valence-corrected chi connectivity index (χ0v) is 33.9. The number of carbonyl (C=O) groups is 1. The van der Waals surface area contributed by atoms with Crippen molar-refractivity contribution in [3.63, 3.8) is 0 Å². The fourth-order valence-electron chi connectivity index (χ4n) is 7.84. The number of benzene rings is 3. The third kappa shape index (κ3) is 9.32. The van der Waals surface area contributed by atoms with Crippen molar-refractivity contribution in [3.8, 4) is 22.9 Å². The molecule has 5 aromatic rings. The summed E-state index contributed by atoms with van der Waals surface area (Å²) in [7, 11) is 2.23. The highest BCUT2D eigenvalue weighted by Crippen LogP contribution is 2.42. The topological polar surface area (TPSA) is 140 Å². The van der Waals surface area contributed by atoms with E-state index < -0.39 is 18.6 Å². The number of aromatic nitrogens is 3. The van der Waals surface area contributed by atoms with E-state index in [4.69, 9.17) is 33.0 Å². The van der Waals surface area contributed by atoms with Gasteiger partial charge < -0.3 is 19.8 Å². The van der Waals surface area contributed by atoms with Crippen molar-refractivity contribution in [2.24, 2.45) is 5.41 Å². The maximum Gasteiger partial charge on any atom is 0.323 e. The number of pyridine rings is 1. The van der Waals surface area contributed by atoms with Gasteiger partial charge in [0.05, 0.1) is 35.5 Å². The average Bonchev–Trinajstić information content (AvgIpc) is 3.61. The Balaban J connectivity index is 0.00000532. The lowest BCUT2D eigenvalue weighted by molar-refractivity contribution is -0.140. The van der Waals surface area contributed by atoms with Gasteiger partial charge in [0, 0.05) is 52.6 Å². The number of carboxylic acids is 1. The zero-order chi connectivity index (χ0) is 38.5. The van der Waals surface area contributed by atoms with Gasteiger partial charge >= 0.3 is 5.97 Å². The maximum absolute atomic E-state index is 11.6. The van der Waals surface area contributed by atoms with Crippen LogP contribution in [0.1, 0.15) is 53.5 Å². The summed E-state index contributed by atoms with van der Waals surface area (Å²) in [5, 5.41) is 38.1. The second-order valence-electron chi connectivity index (χ2n) is 14.9. The number of hydrogen-bond donors (Lipinski definition) is 3. The first-order valence-electron chi connectivity index (χ1n) is 18.6. The van der Waals surface area contributed by atoms with E-state index in [9.17, 15) is 20.3 Å². The van der Waals surface area contributed by atoms with Gasteiger partial charge in [0.2, 0.25) is 0 Å². The monoisotopic (exact) mass is 815 g/mol. The fourth-order valence-corrected chi connectivity index (χ4v) is 8.37. The third-order valence-corrected chi connectivity index (χ3v) is 12.1. The van der Waals surface area contributed by atoms with Gasteiger partial charge in [0.1, 0.15) is 24.5 Å². The first-order valence-corrected chi connectivity index (χ1v) is 19.4. The second kappa shape index (κ2) is 18.4. The number of nitrogens with zero attached hydrogens (tertiary/aromatic N) is 6. The Bertz CT molecular complexity index is 2210. The SMILES string of the molecule is CN1CCC2(CC1)CCN(Cc1cccc(-c3cccc4c3cnn4Cc3cc(OCc4cncc(C#N)c4)c(CN[C@@H](CO)C(=O)O)cc3Cl)c1Cl)CC2.S. The number of aliphatic hydroxyl groups excluding tert-OH is 1. The molecule has 1 atom stereocenters. The smallest absolute Gasteiger partial charge is 0.323 e. The molecule has 0 unspecified atom stereocenters. The lowest BCUT2D eigenvalue weighted by Gasteiger charge is -2.46. The highest BCUT2D eigenvalue weighted by atomic mass is 35.5. The quantitative estimate of drug-likeness (QED) is 0.116. The molecule has 2 aromatic heterocycles. The molecule has 2 fully saturated rings. The van der Waals surface area contributed by atoms with Crippen molar-refractivity contribution in [2.45, 2.75) is 58.0 Å². The number of aliphatic carboxylic acids is 1. The third-order valence-electron chi connectivity index (χ3n) is 11.3. The number of rotatable bonds is 13. The number of fused-ring (bicyclic) bond motifs is 1. The molecule has 0 aliphatic carbocycles. The molecule has 1 spiro atoms. The molecule has 3 aromatic carbocycles. The number of aliphatic hydroxyl groups is 1. The van der Waals surface area contributed by atoms with Crippen molar-refractivity contribution in [1.82, 2.24) is 29.9 Å². The minimum atomic E-state index is -1.17. The van der Waals surface area contributed by atoms with Gasteiger partial charge in [0.25, 0.3) is 0 Å². The van der Waals surface area contributed by atoms with Crippen molar-refractivity contribution in [2.75, 3.05) is 39.8 Å². The van der Waals surface area contributed by atoms with E-state index in [0.717, 1.165) is 57.8 Å². The van der Waals surface area contributed by atoms with E-state index in [0.29, 0.717) is 39.4 Å². The molecule has 14 heteroatoms. The van der Waals surface area contributed by atoms with Crippen molar-refractivity contribution >= 4 is 53.6 Å². The van der Waals surface area contributed by atoms with Crippen LogP contribution < -0.4 is 10.1 Å². The van der Waals surface area contributed by atoms with Gasteiger partial charge in [-0.25, -0.2) is 0 Å². The van der Waals surface area contributed by atoms with Crippen LogP contribution in [0, 0.1) is 16.7 Å². The molecule has 2 aliphatic heterocycles. The Labute approximate surface area is 344 Å². The average molecular weight is 817 g/mol. The summed E-state index contributed by atoms with van der Waals surface area (Å²) < 4.78 is 8.12. The molecular weight excluding hydrogens is 769 g/mol. The number of nitriles is 1. The van der Waals surface area contributed by atoms with Crippen LogP contribution in [-0.2, 0) is 31.0 Å². The van der Waals surface area contributed by atoms with Crippen LogP contribution in [0.3, 0.4) is 0 Å². The van der Waals surface area contributed by atoms with E-state index in [1.54, 1.807) is 18.3 Å². The Morgan fingerprint density at radius 1 is 0.964 bits per heavy atom. The Kier molecular flexibility index (Phi) is 13.6. The van der Waals surface area contributed by atoms with Gasteiger partial charge in [-0.15, -0.1) is 0 Å². The molecular formula is C42H47Cl2N7O4S. The molecule has 294 valence electrons. The number of nitrogens with one attached hydrogen (secondary N) is 1. The maximum atomic E-state index is 11.6. The number of ether oxygens (including phenoxy) is 1.